The number of carbonyl (C=O) groups excluding carboxylic acids is 1. The Hall–Kier alpha value is -1.30. The molecular weight excluding hydrogens is 314 g/mol. The molecule has 0 N–H and O–H groups in total. The van der Waals surface area contributed by atoms with Crippen LogP contribution < -0.4 is 0 Å². The summed E-state index contributed by atoms with van der Waals surface area (Å²) in [4.78, 5) is 17.1. The Morgan fingerprint density at radius 3 is 3.00 bits per heavy atom. The number of carbonyl (C=O) groups is 1. The average Bonchev–Trinajstić information content (AvgIpc) is 3.06. The predicted molar refractivity (Wildman–Crippen MR) is 91.6 cm³/mol. The topological polar surface area (TPSA) is 29.5 Å². The number of hydrogen-bond acceptors (Lipinski definition) is 4. The molecule has 0 spiro atoms. The van der Waals surface area contributed by atoms with E-state index < -0.39 is 0 Å². The first-order chi connectivity index (χ1) is 10.7. The van der Waals surface area contributed by atoms with Gasteiger partial charge >= 0.3 is 0 Å². The average molecular weight is 333 g/mol. The molecule has 5 heteroatoms. The molecule has 1 aromatic heterocycles. The van der Waals surface area contributed by atoms with E-state index in [9.17, 15) is 4.79 Å². The number of hydrogen-bond donors (Lipinski definition) is 0. The number of thiophene rings is 1. The number of amides is 1. The Morgan fingerprint density at radius 2 is 2.23 bits per heavy atom. The summed E-state index contributed by atoms with van der Waals surface area (Å²) in [5, 5.41) is 2.09. The minimum Gasteiger partial charge on any atom is -0.375 e. The monoisotopic (exact) mass is 333 g/mol. The molecule has 1 saturated heterocycles. The van der Waals surface area contributed by atoms with Crippen molar-refractivity contribution in [3.05, 3.63) is 52.2 Å². The second-order valence-electron chi connectivity index (χ2n) is 5.30. The van der Waals surface area contributed by atoms with Crippen molar-refractivity contribution >= 4 is 29.0 Å². The minimum atomic E-state index is 0.114. The lowest BCUT2D eigenvalue weighted by Crippen LogP contribution is -2.44. The third-order valence-electron chi connectivity index (χ3n) is 3.60. The van der Waals surface area contributed by atoms with Crippen molar-refractivity contribution in [3.8, 4) is 0 Å². The zero-order chi connectivity index (χ0) is 15.4. The van der Waals surface area contributed by atoms with Gasteiger partial charge in [-0.25, -0.2) is 0 Å². The van der Waals surface area contributed by atoms with Crippen LogP contribution in [0.4, 0.5) is 0 Å². The van der Waals surface area contributed by atoms with Crippen LogP contribution in [0.3, 0.4) is 0 Å². The zero-order valence-corrected chi connectivity index (χ0v) is 14.2. The molecule has 2 aromatic rings. The highest BCUT2D eigenvalue weighted by molar-refractivity contribution is 7.98. The van der Waals surface area contributed by atoms with Crippen LogP contribution >= 0.6 is 23.1 Å². The third-order valence-corrected chi connectivity index (χ3v) is 5.78. The second-order valence-corrected chi connectivity index (χ2v) is 7.35. The summed E-state index contributed by atoms with van der Waals surface area (Å²) in [6, 6.07) is 12.1. The van der Waals surface area contributed by atoms with E-state index in [4.69, 9.17) is 4.74 Å². The molecule has 3 rings (SSSR count). The van der Waals surface area contributed by atoms with Gasteiger partial charge in [-0.05, 0) is 30.5 Å². The lowest BCUT2D eigenvalue weighted by Gasteiger charge is -2.31. The molecule has 0 saturated carbocycles. The molecule has 1 atom stereocenters. The van der Waals surface area contributed by atoms with Gasteiger partial charge in [-0.3, -0.25) is 4.79 Å². The molecule has 1 unspecified atom stereocenters. The van der Waals surface area contributed by atoms with E-state index in [0.717, 1.165) is 16.2 Å². The first-order valence-corrected chi connectivity index (χ1v) is 9.25. The molecule has 0 aliphatic carbocycles. The van der Waals surface area contributed by atoms with Crippen molar-refractivity contribution in [3.63, 3.8) is 0 Å². The van der Waals surface area contributed by atoms with Crippen molar-refractivity contribution in [1.29, 1.82) is 0 Å². The predicted octanol–water partition coefficient (Wildman–Crippen LogP) is 3.90. The standard InChI is InChI=1S/C17H19NO2S2/c1-13-11-18(8-9-20-13)17(19)15-6-2-3-7-16(15)22-12-14-5-4-10-21-14/h2-7,10,13H,8-9,11-12H2,1H3. The van der Waals surface area contributed by atoms with Crippen molar-refractivity contribution in [1.82, 2.24) is 4.90 Å². The Morgan fingerprint density at radius 1 is 1.36 bits per heavy atom. The fraction of sp³-hybridized carbons (Fsp3) is 0.353. The van der Waals surface area contributed by atoms with Gasteiger partial charge in [0.25, 0.3) is 5.91 Å². The molecule has 22 heavy (non-hydrogen) atoms. The Labute approximate surface area is 139 Å². The van der Waals surface area contributed by atoms with E-state index in [-0.39, 0.29) is 12.0 Å². The van der Waals surface area contributed by atoms with Gasteiger partial charge in [0, 0.05) is 28.6 Å². The fourth-order valence-electron chi connectivity index (χ4n) is 2.49. The number of thioether (sulfide) groups is 1. The van der Waals surface area contributed by atoms with Gasteiger partial charge in [-0.15, -0.1) is 23.1 Å². The van der Waals surface area contributed by atoms with Gasteiger partial charge in [-0.1, -0.05) is 18.2 Å². The maximum absolute atomic E-state index is 12.8. The van der Waals surface area contributed by atoms with Crippen LogP contribution in [0.1, 0.15) is 22.2 Å². The normalized spacial score (nSPS) is 18.4. The molecule has 2 heterocycles. The molecule has 1 aromatic carbocycles. The minimum absolute atomic E-state index is 0.114. The summed E-state index contributed by atoms with van der Waals surface area (Å²) >= 11 is 3.48. The van der Waals surface area contributed by atoms with Gasteiger partial charge in [0.1, 0.15) is 0 Å². The van der Waals surface area contributed by atoms with Gasteiger partial charge < -0.3 is 9.64 Å². The van der Waals surface area contributed by atoms with Gasteiger partial charge in [-0.2, -0.15) is 0 Å². The highest BCUT2D eigenvalue weighted by Crippen LogP contribution is 2.29. The maximum Gasteiger partial charge on any atom is 0.255 e. The molecule has 1 amide bonds. The fourth-order valence-corrected chi connectivity index (χ4v) is 4.30. The highest BCUT2D eigenvalue weighted by Gasteiger charge is 2.24. The van der Waals surface area contributed by atoms with Crippen LogP contribution in [0.2, 0.25) is 0 Å². The van der Waals surface area contributed by atoms with Gasteiger partial charge in [0.2, 0.25) is 0 Å². The molecule has 1 fully saturated rings. The van der Waals surface area contributed by atoms with Crippen LogP contribution in [0.25, 0.3) is 0 Å². The quantitative estimate of drug-likeness (QED) is 0.795. The third kappa shape index (κ3) is 3.72. The highest BCUT2D eigenvalue weighted by atomic mass is 32.2. The summed E-state index contributed by atoms with van der Waals surface area (Å²) in [5.74, 6) is 1.02. The van der Waals surface area contributed by atoms with Gasteiger partial charge in [0.05, 0.1) is 18.3 Å². The SMILES string of the molecule is CC1CN(C(=O)c2ccccc2SCc2cccs2)CCO1. The second kappa shape index (κ2) is 7.31. The van der Waals surface area contributed by atoms with E-state index in [1.165, 1.54) is 4.88 Å². The Balaban J connectivity index is 1.73. The number of morpholine rings is 1. The summed E-state index contributed by atoms with van der Waals surface area (Å²) in [7, 11) is 0. The molecular formula is C17H19NO2S2. The zero-order valence-electron chi connectivity index (χ0n) is 12.5. The number of benzene rings is 1. The van der Waals surface area contributed by atoms with E-state index in [1.807, 2.05) is 36.1 Å². The number of ether oxygens (including phenoxy) is 1. The molecule has 1 aliphatic heterocycles. The smallest absolute Gasteiger partial charge is 0.255 e. The first-order valence-electron chi connectivity index (χ1n) is 7.39. The largest absolute Gasteiger partial charge is 0.375 e. The first kappa shape index (κ1) is 15.6. The van der Waals surface area contributed by atoms with E-state index in [0.29, 0.717) is 19.7 Å². The van der Waals surface area contributed by atoms with Crippen molar-refractivity contribution in [2.24, 2.45) is 0 Å². The van der Waals surface area contributed by atoms with Crippen LogP contribution in [0.5, 0.6) is 0 Å². The summed E-state index contributed by atoms with van der Waals surface area (Å²) in [6.07, 6.45) is 0.114. The summed E-state index contributed by atoms with van der Waals surface area (Å²) < 4.78 is 5.52. The van der Waals surface area contributed by atoms with Gasteiger partial charge in [0.15, 0.2) is 0 Å². The number of rotatable bonds is 4. The van der Waals surface area contributed by atoms with Crippen molar-refractivity contribution < 1.29 is 9.53 Å². The lowest BCUT2D eigenvalue weighted by molar-refractivity contribution is -0.0125. The molecule has 0 radical (unpaired) electrons. The summed E-state index contributed by atoms with van der Waals surface area (Å²) in [6.45, 7) is 3.98. The van der Waals surface area contributed by atoms with Crippen molar-refractivity contribution in [2.75, 3.05) is 19.7 Å². The van der Waals surface area contributed by atoms with E-state index in [1.54, 1.807) is 23.1 Å². The van der Waals surface area contributed by atoms with Crippen LogP contribution in [0.15, 0.2) is 46.7 Å². The van der Waals surface area contributed by atoms with Crippen molar-refractivity contribution in [2.45, 2.75) is 23.7 Å². The van der Waals surface area contributed by atoms with E-state index in [2.05, 4.69) is 17.5 Å². The van der Waals surface area contributed by atoms with Crippen LogP contribution in [0, 0.1) is 0 Å². The van der Waals surface area contributed by atoms with Crippen LogP contribution in [-0.2, 0) is 10.5 Å². The number of nitrogens with zero attached hydrogens (tertiary/aromatic N) is 1. The summed E-state index contributed by atoms with van der Waals surface area (Å²) in [5.41, 5.74) is 0.804. The lowest BCUT2D eigenvalue weighted by atomic mass is 10.2. The Bertz CT molecular complexity index is 627. The Kier molecular flexibility index (Phi) is 5.18. The molecule has 0 bridgehead atoms. The molecule has 116 valence electrons. The molecule has 3 nitrogen and oxygen atoms in total. The molecule has 1 aliphatic rings. The maximum atomic E-state index is 12.8. The van der Waals surface area contributed by atoms with E-state index >= 15 is 0 Å². The van der Waals surface area contributed by atoms with Crippen LogP contribution in [-0.4, -0.2) is 36.6 Å².